The number of nitrogens with zero attached hydrogens (tertiary/aromatic N) is 1. The van der Waals surface area contributed by atoms with Gasteiger partial charge in [-0.25, -0.2) is 4.98 Å². The fraction of sp³-hybridized carbons (Fsp3) is 0.100. The SMILES string of the molecule is Cc1cc(Br)cnc1Nc1ccc[nH]1. The van der Waals surface area contributed by atoms with Crippen LogP contribution in [0.5, 0.6) is 0 Å². The van der Waals surface area contributed by atoms with Crippen molar-refractivity contribution in [2.75, 3.05) is 5.32 Å². The third kappa shape index (κ3) is 1.96. The molecule has 0 aliphatic rings. The summed E-state index contributed by atoms with van der Waals surface area (Å²) >= 11 is 3.38. The molecule has 2 rings (SSSR count). The van der Waals surface area contributed by atoms with E-state index < -0.39 is 0 Å². The molecule has 0 spiro atoms. The first-order valence-corrected chi connectivity index (χ1v) is 5.07. The van der Waals surface area contributed by atoms with E-state index in [2.05, 4.69) is 31.2 Å². The van der Waals surface area contributed by atoms with E-state index in [0.717, 1.165) is 21.7 Å². The smallest absolute Gasteiger partial charge is 0.134 e. The van der Waals surface area contributed by atoms with Crippen molar-refractivity contribution in [3.63, 3.8) is 0 Å². The predicted molar refractivity (Wildman–Crippen MR) is 60.7 cm³/mol. The van der Waals surface area contributed by atoms with Gasteiger partial charge in [0.15, 0.2) is 0 Å². The van der Waals surface area contributed by atoms with Gasteiger partial charge in [0.05, 0.1) is 0 Å². The molecule has 0 amide bonds. The number of aromatic nitrogens is 2. The fourth-order valence-corrected chi connectivity index (χ4v) is 1.65. The van der Waals surface area contributed by atoms with Crippen LogP contribution in [0, 0.1) is 6.92 Å². The molecule has 4 heteroatoms. The van der Waals surface area contributed by atoms with Gasteiger partial charge in [-0.3, -0.25) is 0 Å². The molecular formula is C10H10BrN3. The highest BCUT2D eigenvalue weighted by molar-refractivity contribution is 9.10. The van der Waals surface area contributed by atoms with Crippen molar-refractivity contribution in [1.82, 2.24) is 9.97 Å². The lowest BCUT2D eigenvalue weighted by Gasteiger charge is -2.06. The first-order valence-electron chi connectivity index (χ1n) is 4.28. The lowest BCUT2D eigenvalue weighted by atomic mass is 10.3. The van der Waals surface area contributed by atoms with Crippen molar-refractivity contribution < 1.29 is 0 Å². The number of halogens is 1. The van der Waals surface area contributed by atoms with Crippen LogP contribution in [0.2, 0.25) is 0 Å². The summed E-state index contributed by atoms with van der Waals surface area (Å²) in [6.45, 7) is 2.02. The predicted octanol–water partition coefficient (Wildman–Crippen LogP) is 3.22. The second-order valence-corrected chi connectivity index (χ2v) is 3.94. The summed E-state index contributed by atoms with van der Waals surface area (Å²) < 4.78 is 0.993. The Kier molecular flexibility index (Phi) is 2.54. The molecule has 0 aliphatic heterocycles. The maximum Gasteiger partial charge on any atom is 0.134 e. The number of aromatic amines is 1. The van der Waals surface area contributed by atoms with E-state index in [1.54, 1.807) is 6.20 Å². The number of pyridine rings is 1. The molecule has 0 saturated heterocycles. The van der Waals surface area contributed by atoms with Gasteiger partial charge in [-0.05, 0) is 46.6 Å². The normalized spacial score (nSPS) is 10.1. The molecule has 2 aromatic heterocycles. The minimum Gasteiger partial charge on any atom is -0.348 e. The number of H-pyrrole nitrogens is 1. The third-order valence-electron chi connectivity index (χ3n) is 1.90. The van der Waals surface area contributed by atoms with Crippen LogP contribution in [0.3, 0.4) is 0 Å². The zero-order valence-electron chi connectivity index (χ0n) is 7.71. The first kappa shape index (κ1) is 9.27. The lowest BCUT2D eigenvalue weighted by Crippen LogP contribution is -1.95. The van der Waals surface area contributed by atoms with Crippen LogP contribution in [-0.4, -0.2) is 9.97 Å². The Balaban J connectivity index is 2.25. The van der Waals surface area contributed by atoms with E-state index in [1.165, 1.54) is 0 Å². The monoisotopic (exact) mass is 251 g/mol. The van der Waals surface area contributed by atoms with Crippen LogP contribution in [0.25, 0.3) is 0 Å². The number of hydrogen-bond acceptors (Lipinski definition) is 2. The Bertz CT molecular complexity index is 423. The van der Waals surface area contributed by atoms with Gasteiger partial charge in [-0.2, -0.15) is 0 Å². The maximum absolute atomic E-state index is 4.27. The van der Waals surface area contributed by atoms with Gasteiger partial charge in [0.1, 0.15) is 11.6 Å². The number of aryl methyl sites for hydroxylation is 1. The van der Waals surface area contributed by atoms with E-state index in [0.29, 0.717) is 0 Å². The van der Waals surface area contributed by atoms with Gasteiger partial charge in [0.2, 0.25) is 0 Å². The molecule has 0 aliphatic carbocycles. The van der Waals surface area contributed by atoms with Crippen LogP contribution in [0.1, 0.15) is 5.56 Å². The Morgan fingerprint density at radius 3 is 3.00 bits per heavy atom. The number of nitrogens with one attached hydrogen (secondary N) is 2. The lowest BCUT2D eigenvalue weighted by molar-refractivity contribution is 1.22. The van der Waals surface area contributed by atoms with Gasteiger partial charge >= 0.3 is 0 Å². The highest BCUT2D eigenvalue weighted by Gasteiger charge is 2.00. The second kappa shape index (κ2) is 3.84. The van der Waals surface area contributed by atoms with E-state index in [9.17, 15) is 0 Å². The van der Waals surface area contributed by atoms with Gasteiger partial charge in [0.25, 0.3) is 0 Å². The Labute approximate surface area is 90.7 Å². The summed E-state index contributed by atoms with van der Waals surface area (Å²) in [4.78, 5) is 7.34. The van der Waals surface area contributed by atoms with Gasteiger partial charge in [-0.1, -0.05) is 0 Å². The number of anilines is 2. The molecule has 2 N–H and O–H groups in total. The molecule has 2 aromatic rings. The fourth-order valence-electron chi connectivity index (χ4n) is 1.21. The maximum atomic E-state index is 4.27. The molecule has 0 atom stereocenters. The zero-order chi connectivity index (χ0) is 9.97. The number of rotatable bonds is 2. The highest BCUT2D eigenvalue weighted by atomic mass is 79.9. The Morgan fingerprint density at radius 2 is 2.36 bits per heavy atom. The first-order chi connectivity index (χ1) is 6.75. The average Bonchev–Trinajstić information content (AvgIpc) is 2.62. The molecule has 0 bridgehead atoms. The summed E-state index contributed by atoms with van der Waals surface area (Å²) in [5, 5.41) is 3.19. The van der Waals surface area contributed by atoms with Crippen LogP contribution < -0.4 is 5.32 Å². The van der Waals surface area contributed by atoms with Crippen molar-refractivity contribution in [3.05, 3.63) is 40.6 Å². The summed E-state index contributed by atoms with van der Waals surface area (Å²) in [5.41, 5.74) is 1.11. The van der Waals surface area contributed by atoms with E-state index in [4.69, 9.17) is 0 Å². The van der Waals surface area contributed by atoms with E-state index in [1.807, 2.05) is 31.3 Å². The third-order valence-corrected chi connectivity index (χ3v) is 2.33. The molecule has 0 radical (unpaired) electrons. The molecule has 3 nitrogen and oxygen atoms in total. The molecule has 0 saturated carbocycles. The molecule has 0 fully saturated rings. The number of hydrogen-bond donors (Lipinski definition) is 2. The second-order valence-electron chi connectivity index (χ2n) is 3.03. The van der Waals surface area contributed by atoms with Crippen molar-refractivity contribution in [2.24, 2.45) is 0 Å². The molecule has 0 aromatic carbocycles. The zero-order valence-corrected chi connectivity index (χ0v) is 9.30. The van der Waals surface area contributed by atoms with E-state index in [-0.39, 0.29) is 0 Å². The minimum absolute atomic E-state index is 0.871. The molecule has 14 heavy (non-hydrogen) atoms. The van der Waals surface area contributed by atoms with Crippen molar-refractivity contribution in [3.8, 4) is 0 Å². The van der Waals surface area contributed by atoms with Crippen molar-refractivity contribution in [2.45, 2.75) is 6.92 Å². The molecule has 0 unspecified atom stereocenters. The summed E-state index contributed by atoms with van der Waals surface area (Å²) in [6, 6.07) is 5.93. The summed E-state index contributed by atoms with van der Waals surface area (Å²) in [7, 11) is 0. The summed E-state index contributed by atoms with van der Waals surface area (Å²) in [5.74, 6) is 1.82. The van der Waals surface area contributed by atoms with Gasteiger partial charge in [-0.15, -0.1) is 0 Å². The topological polar surface area (TPSA) is 40.7 Å². The largest absolute Gasteiger partial charge is 0.348 e. The van der Waals surface area contributed by atoms with Crippen LogP contribution >= 0.6 is 15.9 Å². The van der Waals surface area contributed by atoms with Crippen LogP contribution in [-0.2, 0) is 0 Å². The van der Waals surface area contributed by atoms with E-state index >= 15 is 0 Å². The van der Waals surface area contributed by atoms with Gasteiger partial charge < -0.3 is 10.3 Å². The molecule has 2 heterocycles. The van der Waals surface area contributed by atoms with Gasteiger partial charge in [0, 0.05) is 16.9 Å². The quantitative estimate of drug-likeness (QED) is 0.861. The summed E-state index contributed by atoms with van der Waals surface area (Å²) in [6.07, 6.45) is 3.65. The Hall–Kier alpha value is -1.29. The van der Waals surface area contributed by atoms with Crippen LogP contribution in [0.4, 0.5) is 11.6 Å². The van der Waals surface area contributed by atoms with Crippen molar-refractivity contribution >= 4 is 27.6 Å². The highest BCUT2D eigenvalue weighted by Crippen LogP contribution is 2.19. The van der Waals surface area contributed by atoms with Crippen molar-refractivity contribution in [1.29, 1.82) is 0 Å². The molecule has 72 valence electrons. The molecular weight excluding hydrogens is 242 g/mol. The van der Waals surface area contributed by atoms with Crippen LogP contribution in [0.15, 0.2) is 35.1 Å². The average molecular weight is 252 g/mol. The standard InChI is InChI=1S/C10H10BrN3/c1-7-5-8(11)6-13-10(7)14-9-3-2-4-12-9/h2-6,12H,1H3,(H,13,14). The minimum atomic E-state index is 0.871. The Morgan fingerprint density at radius 1 is 1.50 bits per heavy atom.